The number of halogens is 1. The van der Waals surface area contributed by atoms with Crippen LogP contribution in [-0.2, 0) is 13.0 Å². The fourth-order valence-electron chi connectivity index (χ4n) is 1.72. The molecular weight excluding hydrogens is 328 g/mol. The molecule has 0 amide bonds. The van der Waals surface area contributed by atoms with E-state index in [4.69, 9.17) is 4.52 Å². The van der Waals surface area contributed by atoms with Crippen molar-refractivity contribution in [1.29, 1.82) is 0 Å². The molecule has 0 saturated carbocycles. The van der Waals surface area contributed by atoms with Crippen LogP contribution in [0.3, 0.4) is 0 Å². The highest BCUT2D eigenvalue weighted by Crippen LogP contribution is 2.23. The Labute approximate surface area is 123 Å². The third-order valence-electron chi connectivity index (χ3n) is 2.64. The fraction of sp³-hybridized carbons (Fsp3) is 0.333. The number of benzene rings is 1. The third-order valence-corrected chi connectivity index (χ3v) is 3.14. The van der Waals surface area contributed by atoms with E-state index < -0.39 is 0 Å². The molecular formula is C12H13BrN4O3. The molecule has 2 rings (SSSR count). The minimum atomic E-state index is -0.386. The molecule has 7 nitrogen and oxygen atoms in total. The first-order valence-electron chi connectivity index (χ1n) is 5.99. The average Bonchev–Trinajstić information content (AvgIpc) is 2.81. The van der Waals surface area contributed by atoms with Gasteiger partial charge in [-0.05, 0) is 19.1 Å². The van der Waals surface area contributed by atoms with Gasteiger partial charge in [0.1, 0.15) is 0 Å². The zero-order valence-corrected chi connectivity index (χ0v) is 12.4. The molecule has 0 aliphatic heterocycles. The van der Waals surface area contributed by atoms with Crippen LogP contribution in [0.5, 0.6) is 0 Å². The highest BCUT2D eigenvalue weighted by Gasteiger charge is 2.13. The molecule has 106 valence electrons. The van der Waals surface area contributed by atoms with Gasteiger partial charge in [-0.25, -0.2) is 0 Å². The van der Waals surface area contributed by atoms with Crippen molar-refractivity contribution in [2.75, 3.05) is 6.54 Å². The van der Waals surface area contributed by atoms with Crippen molar-refractivity contribution in [3.05, 3.63) is 50.1 Å². The fourth-order valence-corrected chi connectivity index (χ4v) is 2.07. The maximum absolute atomic E-state index is 11.0. The molecule has 8 heteroatoms. The summed E-state index contributed by atoms with van der Waals surface area (Å²) in [6.45, 7) is 2.77. The van der Waals surface area contributed by atoms with Crippen molar-refractivity contribution in [2.24, 2.45) is 0 Å². The molecule has 0 aliphatic rings. The summed E-state index contributed by atoms with van der Waals surface area (Å²) >= 11 is 3.23. The molecule has 0 fully saturated rings. The van der Waals surface area contributed by atoms with Crippen LogP contribution in [0.1, 0.15) is 17.3 Å². The molecule has 0 spiro atoms. The van der Waals surface area contributed by atoms with Gasteiger partial charge >= 0.3 is 0 Å². The van der Waals surface area contributed by atoms with Gasteiger partial charge in [-0.3, -0.25) is 10.1 Å². The van der Waals surface area contributed by atoms with Gasteiger partial charge in [0, 0.05) is 35.6 Å². The molecule has 0 unspecified atom stereocenters. The number of rotatable bonds is 6. The lowest BCUT2D eigenvalue weighted by atomic mass is 10.2. The zero-order chi connectivity index (χ0) is 14.5. The monoisotopic (exact) mass is 340 g/mol. The molecule has 20 heavy (non-hydrogen) atoms. The van der Waals surface area contributed by atoms with Gasteiger partial charge in [0.05, 0.1) is 4.92 Å². The summed E-state index contributed by atoms with van der Waals surface area (Å²) < 4.78 is 5.67. The Hall–Kier alpha value is -1.80. The summed E-state index contributed by atoms with van der Waals surface area (Å²) in [5.41, 5.74) is 0.736. The topological polar surface area (TPSA) is 94.1 Å². The summed E-state index contributed by atoms with van der Waals surface area (Å²) in [6.07, 6.45) is 0.588. The van der Waals surface area contributed by atoms with Gasteiger partial charge in [0.2, 0.25) is 5.89 Å². The maximum Gasteiger partial charge on any atom is 0.275 e. The summed E-state index contributed by atoms with van der Waals surface area (Å²) in [7, 11) is 0. The Kier molecular flexibility index (Phi) is 4.80. The lowest BCUT2D eigenvalue weighted by Crippen LogP contribution is -2.17. The molecule has 0 radical (unpaired) electrons. The number of nitrogens with zero attached hydrogens (tertiary/aromatic N) is 3. The molecule has 0 atom stereocenters. The Morgan fingerprint density at radius 3 is 2.95 bits per heavy atom. The summed E-state index contributed by atoms with van der Waals surface area (Å²) in [6, 6.07) is 5.01. The lowest BCUT2D eigenvalue weighted by Gasteiger charge is -2.05. The quantitative estimate of drug-likeness (QED) is 0.492. The summed E-state index contributed by atoms with van der Waals surface area (Å²) in [4.78, 5) is 14.6. The van der Waals surface area contributed by atoms with E-state index in [-0.39, 0.29) is 10.6 Å². The second-order valence-electron chi connectivity index (χ2n) is 4.19. The normalized spacial score (nSPS) is 10.7. The van der Waals surface area contributed by atoms with Crippen LogP contribution < -0.4 is 5.32 Å². The van der Waals surface area contributed by atoms with Crippen LogP contribution >= 0.6 is 15.9 Å². The standard InChI is InChI=1S/C12H13BrN4O3/c1-8-15-12(20-16-8)4-5-14-7-9-2-3-10(13)6-11(9)17(18)19/h2-3,6,14H,4-5,7H2,1H3. The first-order chi connectivity index (χ1) is 9.56. The number of nitrogens with one attached hydrogen (secondary N) is 1. The van der Waals surface area contributed by atoms with E-state index in [9.17, 15) is 10.1 Å². The highest BCUT2D eigenvalue weighted by molar-refractivity contribution is 9.10. The second-order valence-corrected chi connectivity index (χ2v) is 5.11. The molecule has 1 N–H and O–H groups in total. The van der Waals surface area contributed by atoms with E-state index in [0.29, 0.717) is 41.3 Å². The van der Waals surface area contributed by atoms with Crippen molar-refractivity contribution < 1.29 is 9.45 Å². The Morgan fingerprint density at radius 1 is 1.50 bits per heavy atom. The summed E-state index contributed by atoms with van der Waals surface area (Å²) in [5.74, 6) is 1.16. The number of nitro groups is 1. The minimum absolute atomic E-state index is 0.0977. The number of aromatic nitrogens is 2. The van der Waals surface area contributed by atoms with E-state index in [1.165, 1.54) is 6.07 Å². The van der Waals surface area contributed by atoms with Gasteiger partial charge in [-0.1, -0.05) is 21.1 Å². The van der Waals surface area contributed by atoms with E-state index in [1.54, 1.807) is 19.1 Å². The molecule has 0 saturated heterocycles. The Balaban J connectivity index is 1.89. The molecule has 0 aliphatic carbocycles. The smallest absolute Gasteiger partial charge is 0.275 e. The van der Waals surface area contributed by atoms with Crippen LogP contribution in [-0.4, -0.2) is 21.6 Å². The van der Waals surface area contributed by atoms with Crippen LogP contribution in [0.2, 0.25) is 0 Å². The number of hydrogen-bond donors (Lipinski definition) is 1. The van der Waals surface area contributed by atoms with Crippen molar-refractivity contribution >= 4 is 21.6 Å². The lowest BCUT2D eigenvalue weighted by molar-refractivity contribution is -0.385. The van der Waals surface area contributed by atoms with E-state index >= 15 is 0 Å². The van der Waals surface area contributed by atoms with Crippen LogP contribution in [0, 0.1) is 17.0 Å². The molecule has 1 heterocycles. The SMILES string of the molecule is Cc1noc(CCNCc2ccc(Br)cc2[N+](=O)[O-])n1. The molecule has 1 aromatic carbocycles. The molecule has 1 aromatic heterocycles. The maximum atomic E-state index is 11.0. The predicted molar refractivity (Wildman–Crippen MR) is 75.2 cm³/mol. The van der Waals surface area contributed by atoms with Gasteiger partial charge < -0.3 is 9.84 Å². The van der Waals surface area contributed by atoms with Crippen LogP contribution in [0.4, 0.5) is 5.69 Å². The van der Waals surface area contributed by atoms with E-state index in [0.717, 1.165) is 0 Å². The van der Waals surface area contributed by atoms with Crippen molar-refractivity contribution in [1.82, 2.24) is 15.5 Å². The predicted octanol–water partition coefficient (Wildman–Crippen LogP) is 2.38. The first kappa shape index (κ1) is 14.6. The van der Waals surface area contributed by atoms with Gasteiger partial charge in [-0.15, -0.1) is 0 Å². The third kappa shape index (κ3) is 3.84. The van der Waals surface area contributed by atoms with E-state index in [1.807, 2.05) is 0 Å². The number of nitro benzene ring substituents is 1. The van der Waals surface area contributed by atoms with Crippen molar-refractivity contribution in [3.8, 4) is 0 Å². The molecule has 0 bridgehead atoms. The van der Waals surface area contributed by atoms with Gasteiger partial charge in [0.15, 0.2) is 5.82 Å². The van der Waals surface area contributed by atoms with Gasteiger partial charge in [-0.2, -0.15) is 4.98 Å². The van der Waals surface area contributed by atoms with Gasteiger partial charge in [0.25, 0.3) is 5.69 Å². The summed E-state index contributed by atoms with van der Waals surface area (Å²) in [5, 5.41) is 17.8. The number of hydrogen-bond acceptors (Lipinski definition) is 6. The highest BCUT2D eigenvalue weighted by atomic mass is 79.9. The number of aryl methyl sites for hydroxylation is 1. The van der Waals surface area contributed by atoms with Crippen molar-refractivity contribution in [2.45, 2.75) is 19.9 Å². The average molecular weight is 341 g/mol. The van der Waals surface area contributed by atoms with Crippen molar-refractivity contribution in [3.63, 3.8) is 0 Å². The first-order valence-corrected chi connectivity index (χ1v) is 6.78. The van der Waals surface area contributed by atoms with Crippen LogP contribution in [0.15, 0.2) is 27.2 Å². The van der Waals surface area contributed by atoms with E-state index in [2.05, 4.69) is 31.4 Å². The Bertz CT molecular complexity index is 614. The Morgan fingerprint density at radius 2 is 2.30 bits per heavy atom. The van der Waals surface area contributed by atoms with Crippen LogP contribution in [0.25, 0.3) is 0 Å². The second kappa shape index (κ2) is 6.58. The largest absolute Gasteiger partial charge is 0.339 e. The molecule has 2 aromatic rings. The minimum Gasteiger partial charge on any atom is -0.339 e. The zero-order valence-electron chi connectivity index (χ0n) is 10.8.